The van der Waals surface area contributed by atoms with Gasteiger partial charge in [0.15, 0.2) is 6.61 Å². The number of esters is 1. The molecule has 35 heavy (non-hydrogen) atoms. The lowest BCUT2D eigenvalue weighted by atomic mass is 10.1. The number of nitrogens with one attached hydrogen (secondary N) is 2. The van der Waals surface area contributed by atoms with Crippen molar-refractivity contribution in [2.45, 2.75) is 20.8 Å². The van der Waals surface area contributed by atoms with Gasteiger partial charge >= 0.3 is 5.97 Å². The van der Waals surface area contributed by atoms with E-state index in [0.717, 1.165) is 10.4 Å². The first-order valence-corrected chi connectivity index (χ1v) is 11.9. The maximum atomic E-state index is 12.5. The molecule has 0 aliphatic carbocycles. The summed E-state index contributed by atoms with van der Waals surface area (Å²) in [5.74, 6) is -0.304. The van der Waals surface area contributed by atoms with E-state index in [9.17, 15) is 14.4 Å². The number of carbonyl (C=O) groups is 3. The van der Waals surface area contributed by atoms with Crippen LogP contribution in [0.5, 0.6) is 11.5 Å². The van der Waals surface area contributed by atoms with Crippen molar-refractivity contribution in [3.63, 3.8) is 0 Å². The molecule has 2 amide bonds. The number of hydrogen-bond acceptors (Lipinski definition) is 7. The molecule has 10 heteroatoms. The quantitative estimate of drug-likeness (QED) is 0.365. The fraction of sp³-hybridized carbons (Fsp3) is 0.240. The van der Waals surface area contributed by atoms with E-state index in [-0.39, 0.29) is 19.1 Å². The molecule has 3 aromatic rings. The Balaban J connectivity index is 1.57. The van der Waals surface area contributed by atoms with Gasteiger partial charge in [0, 0.05) is 16.1 Å². The second-order valence-electron chi connectivity index (χ2n) is 7.37. The Morgan fingerprint density at radius 3 is 2.37 bits per heavy atom. The second kappa shape index (κ2) is 11.7. The van der Waals surface area contributed by atoms with Gasteiger partial charge in [-0.05, 0) is 68.8 Å². The molecule has 0 atom stereocenters. The monoisotopic (exact) mass is 516 g/mol. The van der Waals surface area contributed by atoms with E-state index in [1.54, 1.807) is 49.4 Å². The van der Waals surface area contributed by atoms with Crippen LogP contribution in [0.15, 0.2) is 42.5 Å². The average molecular weight is 517 g/mol. The number of thiophene rings is 1. The molecule has 8 nitrogen and oxygen atoms in total. The summed E-state index contributed by atoms with van der Waals surface area (Å²) in [5, 5.41) is 6.29. The highest BCUT2D eigenvalue weighted by molar-refractivity contribution is 7.16. The first kappa shape index (κ1) is 26.1. The first-order chi connectivity index (χ1) is 16.7. The Hall–Kier alpha value is -3.56. The third kappa shape index (κ3) is 6.52. The summed E-state index contributed by atoms with van der Waals surface area (Å²) in [6.45, 7) is 5.38. The van der Waals surface area contributed by atoms with Crippen LogP contribution in [-0.2, 0) is 9.53 Å². The van der Waals surface area contributed by atoms with Gasteiger partial charge in [-0.3, -0.25) is 9.59 Å². The summed E-state index contributed by atoms with van der Waals surface area (Å²) in [5.41, 5.74) is 2.06. The molecular weight excluding hydrogens is 492 g/mol. The highest BCUT2D eigenvalue weighted by Gasteiger charge is 2.22. The SMILES string of the molecule is CCOC(=O)c1c(NC(=O)COc2ccc(C(=O)Nc3ccc(OC)c(Cl)c3)cc2)sc(C)c1C. The fourth-order valence-corrected chi connectivity index (χ4v) is 4.45. The molecule has 2 aromatic carbocycles. The van der Waals surface area contributed by atoms with Gasteiger partial charge < -0.3 is 24.8 Å². The van der Waals surface area contributed by atoms with Gasteiger partial charge in [-0.2, -0.15) is 0 Å². The molecule has 0 unspecified atom stereocenters. The van der Waals surface area contributed by atoms with Crippen LogP contribution in [0, 0.1) is 13.8 Å². The van der Waals surface area contributed by atoms with Crippen LogP contribution in [0.4, 0.5) is 10.7 Å². The van der Waals surface area contributed by atoms with Crippen LogP contribution >= 0.6 is 22.9 Å². The average Bonchev–Trinajstić information content (AvgIpc) is 3.11. The van der Waals surface area contributed by atoms with Crippen molar-refractivity contribution < 1.29 is 28.6 Å². The van der Waals surface area contributed by atoms with Crippen LogP contribution in [0.1, 0.15) is 38.1 Å². The third-order valence-electron chi connectivity index (χ3n) is 5.01. The number of aryl methyl sites for hydroxylation is 1. The Morgan fingerprint density at radius 1 is 1.03 bits per heavy atom. The van der Waals surface area contributed by atoms with E-state index in [0.29, 0.717) is 38.3 Å². The molecule has 0 saturated heterocycles. The number of methoxy groups -OCH3 is 1. The third-order valence-corrected chi connectivity index (χ3v) is 6.43. The summed E-state index contributed by atoms with van der Waals surface area (Å²) >= 11 is 7.40. The number of benzene rings is 2. The van der Waals surface area contributed by atoms with Gasteiger partial charge in [-0.15, -0.1) is 11.3 Å². The highest BCUT2D eigenvalue weighted by atomic mass is 35.5. The standard InChI is InChI=1S/C25H25ClN2O6S/c1-5-33-25(31)22-14(2)15(3)35-24(22)28-21(29)13-34-18-9-6-16(7-10-18)23(30)27-17-8-11-20(32-4)19(26)12-17/h6-12H,5,13H2,1-4H3,(H,27,30)(H,28,29). The maximum absolute atomic E-state index is 12.5. The minimum atomic E-state index is -0.476. The van der Waals surface area contributed by atoms with Crippen molar-refractivity contribution >= 4 is 51.4 Å². The van der Waals surface area contributed by atoms with E-state index in [1.165, 1.54) is 18.4 Å². The van der Waals surface area contributed by atoms with Gasteiger partial charge in [0.1, 0.15) is 16.5 Å². The summed E-state index contributed by atoms with van der Waals surface area (Å²) in [4.78, 5) is 38.1. The summed E-state index contributed by atoms with van der Waals surface area (Å²) in [6.07, 6.45) is 0. The van der Waals surface area contributed by atoms with Crippen molar-refractivity contribution in [2.24, 2.45) is 0 Å². The van der Waals surface area contributed by atoms with Crippen LogP contribution < -0.4 is 20.1 Å². The molecule has 0 radical (unpaired) electrons. The van der Waals surface area contributed by atoms with Crippen LogP contribution in [0.2, 0.25) is 5.02 Å². The van der Waals surface area contributed by atoms with Crippen LogP contribution in [0.25, 0.3) is 0 Å². The predicted octanol–water partition coefficient (Wildman–Crippen LogP) is 5.47. The molecule has 0 aliphatic rings. The minimum absolute atomic E-state index is 0.242. The zero-order valence-corrected chi connectivity index (χ0v) is 21.3. The van der Waals surface area contributed by atoms with Gasteiger partial charge in [0.2, 0.25) is 0 Å². The molecule has 0 bridgehead atoms. The molecule has 1 aromatic heterocycles. The number of carbonyl (C=O) groups excluding carboxylic acids is 3. The number of anilines is 2. The molecule has 184 valence electrons. The Labute approximate surface area is 212 Å². The number of rotatable bonds is 9. The number of halogens is 1. The van der Waals surface area contributed by atoms with Crippen LogP contribution in [-0.4, -0.2) is 38.1 Å². The second-order valence-corrected chi connectivity index (χ2v) is 9.00. The van der Waals surface area contributed by atoms with Gasteiger partial charge in [-0.25, -0.2) is 4.79 Å². The summed E-state index contributed by atoms with van der Waals surface area (Å²) in [6, 6.07) is 11.3. The smallest absolute Gasteiger partial charge is 0.341 e. The molecule has 3 rings (SSSR count). The van der Waals surface area contributed by atoms with Crippen molar-refractivity contribution in [3.8, 4) is 11.5 Å². The topological polar surface area (TPSA) is 103 Å². The Bertz CT molecular complexity index is 1240. The fourth-order valence-electron chi connectivity index (χ4n) is 3.13. The van der Waals surface area contributed by atoms with Crippen molar-refractivity contribution in [2.75, 3.05) is 31.0 Å². The first-order valence-electron chi connectivity index (χ1n) is 10.7. The van der Waals surface area contributed by atoms with Gasteiger partial charge in [-0.1, -0.05) is 11.6 Å². The molecule has 2 N–H and O–H groups in total. The number of ether oxygens (including phenoxy) is 3. The van der Waals surface area contributed by atoms with Crippen molar-refractivity contribution in [1.82, 2.24) is 0 Å². The molecule has 1 heterocycles. The summed E-state index contributed by atoms with van der Waals surface area (Å²) < 4.78 is 15.7. The van der Waals surface area contributed by atoms with Crippen LogP contribution in [0.3, 0.4) is 0 Å². The minimum Gasteiger partial charge on any atom is -0.495 e. The van der Waals surface area contributed by atoms with E-state index >= 15 is 0 Å². The lowest BCUT2D eigenvalue weighted by Crippen LogP contribution is -2.21. The van der Waals surface area contributed by atoms with Crippen molar-refractivity contribution in [1.29, 1.82) is 0 Å². The van der Waals surface area contributed by atoms with E-state index in [4.69, 9.17) is 25.8 Å². The summed E-state index contributed by atoms with van der Waals surface area (Å²) in [7, 11) is 1.51. The molecular formula is C25H25ClN2O6S. The molecule has 0 spiro atoms. The highest BCUT2D eigenvalue weighted by Crippen LogP contribution is 2.33. The normalized spacial score (nSPS) is 10.4. The largest absolute Gasteiger partial charge is 0.495 e. The lowest BCUT2D eigenvalue weighted by Gasteiger charge is -2.10. The molecule has 0 fully saturated rings. The van der Waals surface area contributed by atoms with E-state index < -0.39 is 11.9 Å². The predicted molar refractivity (Wildman–Crippen MR) is 136 cm³/mol. The van der Waals surface area contributed by atoms with Gasteiger partial charge in [0.05, 0.1) is 24.3 Å². The Kier molecular flexibility index (Phi) is 8.73. The number of hydrogen-bond donors (Lipinski definition) is 2. The molecule has 0 saturated carbocycles. The zero-order valence-electron chi connectivity index (χ0n) is 19.7. The maximum Gasteiger partial charge on any atom is 0.341 e. The lowest BCUT2D eigenvalue weighted by molar-refractivity contribution is -0.118. The van der Waals surface area contributed by atoms with Gasteiger partial charge in [0.25, 0.3) is 11.8 Å². The van der Waals surface area contributed by atoms with E-state index in [1.807, 2.05) is 13.8 Å². The molecule has 0 aliphatic heterocycles. The number of amides is 2. The zero-order chi connectivity index (χ0) is 25.5. The van der Waals surface area contributed by atoms with Crippen molar-refractivity contribution in [3.05, 3.63) is 69.1 Å². The Morgan fingerprint density at radius 2 is 1.74 bits per heavy atom. The van der Waals surface area contributed by atoms with E-state index in [2.05, 4.69) is 10.6 Å².